The third-order valence-electron chi connectivity index (χ3n) is 3.31. The molecule has 1 unspecified atom stereocenters. The lowest BCUT2D eigenvalue weighted by atomic mass is 10.1. The number of aromatic amines is 1. The Morgan fingerprint density at radius 1 is 1.24 bits per heavy atom. The molecule has 0 aliphatic rings. The molecule has 2 rings (SSSR count). The van der Waals surface area contributed by atoms with Gasteiger partial charge in [-0.1, -0.05) is 17.7 Å². The second-order valence-electron chi connectivity index (χ2n) is 6.84. The van der Waals surface area contributed by atoms with Crippen LogP contribution >= 0.6 is 0 Å². The summed E-state index contributed by atoms with van der Waals surface area (Å²) in [6.07, 6.45) is 2.77. The first-order chi connectivity index (χ1) is 11.7. The lowest BCUT2D eigenvalue weighted by Gasteiger charge is -2.23. The SMILES string of the molecule is Cc1ccc(NC(=O)C(Cc2cnc[nH]2)NC(=O)OC(C)(C)C)cc1. The number of nitrogens with one attached hydrogen (secondary N) is 3. The van der Waals surface area contributed by atoms with Crippen molar-refractivity contribution >= 4 is 17.7 Å². The topological polar surface area (TPSA) is 96.1 Å². The highest BCUT2D eigenvalue weighted by molar-refractivity contribution is 5.96. The fraction of sp³-hybridized carbons (Fsp3) is 0.389. The van der Waals surface area contributed by atoms with Gasteiger partial charge in [-0.2, -0.15) is 0 Å². The second-order valence-corrected chi connectivity index (χ2v) is 6.84. The van der Waals surface area contributed by atoms with E-state index in [1.807, 2.05) is 31.2 Å². The highest BCUT2D eigenvalue weighted by atomic mass is 16.6. The largest absolute Gasteiger partial charge is 0.444 e. The van der Waals surface area contributed by atoms with Gasteiger partial charge in [-0.3, -0.25) is 4.79 Å². The van der Waals surface area contributed by atoms with Crippen molar-refractivity contribution in [1.82, 2.24) is 15.3 Å². The van der Waals surface area contributed by atoms with Crippen LogP contribution in [0, 0.1) is 6.92 Å². The highest BCUT2D eigenvalue weighted by Crippen LogP contribution is 2.11. The molecule has 2 amide bonds. The van der Waals surface area contributed by atoms with Gasteiger partial charge in [0, 0.05) is 24.0 Å². The lowest BCUT2D eigenvalue weighted by molar-refractivity contribution is -0.118. The van der Waals surface area contributed by atoms with Gasteiger partial charge in [-0.25, -0.2) is 9.78 Å². The van der Waals surface area contributed by atoms with Gasteiger partial charge in [0.05, 0.1) is 6.33 Å². The van der Waals surface area contributed by atoms with Gasteiger partial charge in [0.1, 0.15) is 11.6 Å². The maximum absolute atomic E-state index is 12.6. The summed E-state index contributed by atoms with van der Waals surface area (Å²) < 4.78 is 5.25. The number of alkyl carbamates (subject to hydrolysis) is 1. The molecule has 0 saturated carbocycles. The number of ether oxygens (including phenoxy) is 1. The molecule has 3 N–H and O–H groups in total. The first-order valence-corrected chi connectivity index (χ1v) is 8.07. The van der Waals surface area contributed by atoms with Gasteiger partial charge >= 0.3 is 6.09 Å². The van der Waals surface area contributed by atoms with E-state index in [-0.39, 0.29) is 12.3 Å². The number of amides is 2. The van der Waals surface area contributed by atoms with E-state index >= 15 is 0 Å². The molecule has 25 heavy (non-hydrogen) atoms. The first kappa shape index (κ1) is 18.5. The molecule has 1 atom stereocenters. The molecule has 134 valence electrons. The van der Waals surface area contributed by atoms with Crippen molar-refractivity contribution in [2.24, 2.45) is 0 Å². The molecule has 2 aromatic rings. The second kappa shape index (κ2) is 7.83. The van der Waals surface area contributed by atoms with Crippen molar-refractivity contribution in [2.45, 2.75) is 45.8 Å². The molecule has 7 nitrogen and oxygen atoms in total. The van der Waals surface area contributed by atoms with Crippen molar-refractivity contribution in [3.63, 3.8) is 0 Å². The van der Waals surface area contributed by atoms with Crippen LogP contribution in [0.25, 0.3) is 0 Å². The Kier molecular flexibility index (Phi) is 5.80. The van der Waals surface area contributed by atoms with Gasteiger partial charge in [0.2, 0.25) is 5.91 Å². The molecule has 0 aliphatic carbocycles. The number of carbonyl (C=O) groups is 2. The smallest absolute Gasteiger partial charge is 0.408 e. The number of carbonyl (C=O) groups excluding carboxylic acids is 2. The molecular weight excluding hydrogens is 320 g/mol. The summed E-state index contributed by atoms with van der Waals surface area (Å²) in [7, 11) is 0. The summed E-state index contributed by atoms with van der Waals surface area (Å²) in [6.45, 7) is 7.27. The number of H-pyrrole nitrogens is 1. The van der Waals surface area contributed by atoms with E-state index in [1.54, 1.807) is 27.0 Å². The molecule has 7 heteroatoms. The minimum Gasteiger partial charge on any atom is -0.444 e. The number of benzene rings is 1. The number of rotatable bonds is 5. The van der Waals surface area contributed by atoms with Gasteiger partial charge in [-0.05, 0) is 39.8 Å². The fourth-order valence-corrected chi connectivity index (χ4v) is 2.14. The van der Waals surface area contributed by atoms with E-state index in [1.165, 1.54) is 6.33 Å². The Morgan fingerprint density at radius 3 is 2.48 bits per heavy atom. The van der Waals surface area contributed by atoms with Crippen LogP contribution in [0.3, 0.4) is 0 Å². The van der Waals surface area contributed by atoms with Crippen LogP contribution in [0.4, 0.5) is 10.5 Å². The predicted octanol–water partition coefficient (Wildman–Crippen LogP) is 2.79. The molecule has 0 spiro atoms. The highest BCUT2D eigenvalue weighted by Gasteiger charge is 2.25. The minimum absolute atomic E-state index is 0.275. The zero-order valence-corrected chi connectivity index (χ0v) is 14.9. The van der Waals surface area contributed by atoms with E-state index in [0.29, 0.717) is 5.69 Å². The van der Waals surface area contributed by atoms with Gasteiger partial charge in [0.15, 0.2) is 0 Å². The Morgan fingerprint density at radius 2 is 1.92 bits per heavy atom. The van der Waals surface area contributed by atoms with Crippen molar-refractivity contribution in [3.05, 3.63) is 48.0 Å². The average Bonchev–Trinajstić information content (AvgIpc) is 3.00. The molecule has 0 radical (unpaired) electrons. The molecule has 1 heterocycles. The van der Waals surface area contributed by atoms with Crippen LogP contribution in [-0.4, -0.2) is 33.6 Å². The van der Waals surface area contributed by atoms with Crippen molar-refractivity contribution in [2.75, 3.05) is 5.32 Å². The summed E-state index contributed by atoms with van der Waals surface area (Å²) in [5.41, 5.74) is 1.85. The minimum atomic E-state index is -0.795. The lowest BCUT2D eigenvalue weighted by Crippen LogP contribution is -2.47. The van der Waals surface area contributed by atoms with Crippen LogP contribution in [0.15, 0.2) is 36.8 Å². The molecule has 0 saturated heterocycles. The molecule has 0 bridgehead atoms. The number of anilines is 1. The number of aromatic nitrogens is 2. The summed E-state index contributed by atoms with van der Waals surface area (Å²) >= 11 is 0. The Bertz CT molecular complexity index is 703. The van der Waals surface area contributed by atoms with Crippen LogP contribution in [0.2, 0.25) is 0 Å². The van der Waals surface area contributed by atoms with Crippen molar-refractivity contribution < 1.29 is 14.3 Å². The zero-order chi connectivity index (χ0) is 18.4. The zero-order valence-electron chi connectivity index (χ0n) is 14.9. The van der Waals surface area contributed by atoms with E-state index in [4.69, 9.17) is 4.74 Å². The van der Waals surface area contributed by atoms with Crippen molar-refractivity contribution in [1.29, 1.82) is 0 Å². The normalized spacial score (nSPS) is 12.3. The summed E-state index contributed by atoms with van der Waals surface area (Å²) in [4.78, 5) is 31.5. The van der Waals surface area contributed by atoms with E-state index in [0.717, 1.165) is 11.3 Å². The molecule has 1 aromatic carbocycles. The van der Waals surface area contributed by atoms with Gasteiger partial charge < -0.3 is 20.4 Å². The molecule has 0 aliphatic heterocycles. The molecule has 1 aromatic heterocycles. The maximum Gasteiger partial charge on any atom is 0.408 e. The van der Waals surface area contributed by atoms with Crippen LogP contribution in [-0.2, 0) is 16.0 Å². The molecule has 0 fully saturated rings. The summed E-state index contributed by atoms with van der Waals surface area (Å²) in [6, 6.07) is 6.64. The Balaban J connectivity index is 2.08. The number of imidazole rings is 1. The van der Waals surface area contributed by atoms with Crippen molar-refractivity contribution in [3.8, 4) is 0 Å². The number of nitrogens with zero attached hydrogens (tertiary/aromatic N) is 1. The van der Waals surface area contributed by atoms with E-state index < -0.39 is 17.7 Å². The van der Waals surface area contributed by atoms with Crippen LogP contribution in [0.1, 0.15) is 32.0 Å². The first-order valence-electron chi connectivity index (χ1n) is 8.07. The van der Waals surface area contributed by atoms with E-state index in [9.17, 15) is 9.59 Å². The quantitative estimate of drug-likeness (QED) is 0.777. The fourth-order valence-electron chi connectivity index (χ4n) is 2.14. The Hall–Kier alpha value is -2.83. The Labute approximate surface area is 147 Å². The van der Waals surface area contributed by atoms with Gasteiger partial charge in [0.25, 0.3) is 0 Å². The number of aryl methyl sites for hydroxylation is 1. The number of hydrogen-bond donors (Lipinski definition) is 3. The van der Waals surface area contributed by atoms with Gasteiger partial charge in [-0.15, -0.1) is 0 Å². The summed E-state index contributed by atoms with van der Waals surface area (Å²) in [5, 5.41) is 5.43. The van der Waals surface area contributed by atoms with Crippen LogP contribution < -0.4 is 10.6 Å². The number of hydrogen-bond acceptors (Lipinski definition) is 4. The third kappa shape index (κ3) is 6.29. The monoisotopic (exact) mass is 344 g/mol. The average molecular weight is 344 g/mol. The van der Waals surface area contributed by atoms with E-state index in [2.05, 4.69) is 20.6 Å². The summed E-state index contributed by atoms with van der Waals surface area (Å²) in [5.74, 6) is -0.329. The predicted molar refractivity (Wildman–Crippen MR) is 95.3 cm³/mol. The maximum atomic E-state index is 12.6. The molecular formula is C18H24N4O3. The standard InChI is InChI=1S/C18H24N4O3/c1-12-5-7-13(8-6-12)21-16(23)15(9-14-10-19-11-20-14)22-17(24)25-18(2,3)4/h5-8,10-11,15H,9H2,1-4H3,(H,19,20)(H,21,23)(H,22,24). The van der Waals surface area contributed by atoms with Crippen LogP contribution in [0.5, 0.6) is 0 Å². The third-order valence-corrected chi connectivity index (χ3v) is 3.31.